The van der Waals surface area contributed by atoms with Crippen LogP contribution in [0.4, 0.5) is 4.39 Å². The van der Waals surface area contributed by atoms with Crippen LogP contribution in [0.3, 0.4) is 0 Å². The van der Waals surface area contributed by atoms with Gasteiger partial charge in [-0.3, -0.25) is 10.1 Å². The van der Waals surface area contributed by atoms with Gasteiger partial charge >= 0.3 is 5.97 Å². The molecular weight excluding hydrogens is 292 g/mol. The summed E-state index contributed by atoms with van der Waals surface area (Å²) in [5.41, 5.74) is 0.430. The summed E-state index contributed by atoms with van der Waals surface area (Å²) in [6.07, 6.45) is 0. The lowest BCUT2D eigenvalue weighted by atomic mass is 10.1. The maximum absolute atomic E-state index is 13.4. The van der Waals surface area contributed by atoms with Crippen LogP contribution in [0.1, 0.15) is 32.4 Å². The number of carbonyl (C=O) groups excluding carboxylic acids is 1. The molecule has 0 saturated carbocycles. The number of carbonyl (C=O) groups is 1. The molecule has 0 aliphatic rings. The van der Waals surface area contributed by atoms with Crippen LogP contribution in [0.2, 0.25) is 10.0 Å². The molecule has 0 spiro atoms. The van der Waals surface area contributed by atoms with Gasteiger partial charge in [0.1, 0.15) is 11.9 Å². The molecule has 106 valence electrons. The van der Waals surface area contributed by atoms with Crippen molar-refractivity contribution in [1.82, 2.24) is 5.32 Å². The molecule has 0 amide bonds. The molecule has 0 bridgehead atoms. The zero-order chi connectivity index (χ0) is 14.6. The highest BCUT2D eigenvalue weighted by molar-refractivity contribution is 6.36. The number of ether oxygens (including phenoxy) is 1. The molecule has 0 radical (unpaired) electrons. The van der Waals surface area contributed by atoms with Gasteiger partial charge in [0.05, 0.1) is 11.6 Å². The number of hydrogen-bond donors (Lipinski definition) is 1. The number of hydrogen-bond acceptors (Lipinski definition) is 3. The molecule has 0 heterocycles. The van der Waals surface area contributed by atoms with Gasteiger partial charge in [-0.05, 0) is 32.9 Å². The van der Waals surface area contributed by atoms with E-state index in [1.54, 1.807) is 20.8 Å². The van der Waals surface area contributed by atoms with Gasteiger partial charge in [0.2, 0.25) is 0 Å². The maximum Gasteiger partial charge on any atom is 0.322 e. The fourth-order valence-corrected chi connectivity index (χ4v) is 2.43. The van der Waals surface area contributed by atoms with Crippen molar-refractivity contribution in [2.45, 2.75) is 32.9 Å². The van der Waals surface area contributed by atoms with E-state index in [1.807, 2.05) is 0 Å². The Morgan fingerprint density at radius 3 is 2.63 bits per heavy atom. The number of halogens is 3. The molecule has 2 atom stereocenters. The Labute approximate surface area is 122 Å². The van der Waals surface area contributed by atoms with Crippen LogP contribution in [0.15, 0.2) is 12.1 Å². The molecule has 1 aromatic rings. The zero-order valence-electron chi connectivity index (χ0n) is 11.0. The second-order valence-corrected chi connectivity index (χ2v) is 4.90. The highest BCUT2D eigenvalue weighted by Crippen LogP contribution is 2.32. The van der Waals surface area contributed by atoms with Crippen molar-refractivity contribution >= 4 is 29.2 Å². The molecule has 1 rings (SSSR count). The number of esters is 1. The first-order valence-corrected chi connectivity index (χ1v) is 6.70. The van der Waals surface area contributed by atoms with Gasteiger partial charge in [0.25, 0.3) is 0 Å². The minimum atomic E-state index is -0.543. The molecule has 6 heteroatoms. The van der Waals surface area contributed by atoms with Gasteiger partial charge < -0.3 is 4.74 Å². The molecule has 2 unspecified atom stereocenters. The van der Waals surface area contributed by atoms with Crippen LogP contribution in [-0.2, 0) is 9.53 Å². The van der Waals surface area contributed by atoms with Gasteiger partial charge in [0.15, 0.2) is 0 Å². The van der Waals surface area contributed by atoms with E-state index in [0.29, 0.717) is 17.2 Å². The lowest BCUT2D eigenvalue weighted by molar-refractivity contribution is -0.145. The van der Waals surface area contributed by atoms with Crippen LogP contribution >= 0.6 is 23.2 Å². The highest BCUT2D eigenvalue weighted by atomic mass is 35.5. The molecule has 0 aliphatic heterocycles. The van der Waals surface area contributed by atoms with Crippen molar-refractivity contribution in [1.29, 1.82) is 0 Å². The van der Waals surface area contributed by atoms with Crippen molar-refractivity contribution in [3.05, 3.63) is 33.6 Å². The Bertz CT molecular complexity index is 468. The quantitative estimate of drug-likeness (QED) is 0.665. The Hall–Kier alpha value is -0.840. The number of rotatable bonds is 5. The monoisotopic (exact) mass is 307 g/mol. The second kappa shape index (κ2) is 7.08. The first kappa shape index (κ1) is 16.2. The standard InChI is InChI=1S/C13H16Cl2FNO2/c1-4-19-13(18)8(3)17-7(2)11-9(14)5-6-10(16)12(11)15/h5-8,17H,4H2,1-3H3. The van der Waals surface area contributed by atoms with E-state index in [0.717, 1.165) is 0 Å². The van der Waals surface area contributed by atoms with Crippen LogP contribution < -0.4 is 5.32 Å². The zero-order valence-corrected chi connectivity index (χ0v) is 12.5. The molecule has 0 fully saturated rings. The summed E-state index contributed by atoms with van der Waals surface area (Å²) in [4.78, 5) is 11.5. The van der Waals surface area contributed by atoms with Gasteiger partial charge in [-0.1, -0.05) is 23.2 Å². The SMILES string of the molecule is CCOC(=O)C(C)NC(C)c1c(Cl)ccc(F)c1Cl. The molecular formula is C13H16Cl2FNO2. The van der Waals surface area contributed by atoms with E-state index in [1.165, 1.54) is 12.1 Å². The predicted molar refractivity (Wildman–Crippen MR) is 74.1 cm³/mol. The minimum Gasteiger partial charge on any atom is -0.465 e. The van der Waals surface area contributed by atoms with Crippen LogP contribution in [0, 0.1) is 5.82 Å². The minimum absolute atomic E-state index is 0.0384. The third-order valence-electron chi connectivity index (χ3n) is 2.65. The van der Waals surface area contributed by atoms with E-state index in [9.17, 15) is 9.18 Å². The summed E-state index contributed by atoms with van der Waals surface area (Å²) in [7, 11) is 0. The van der Waals surface area contributed by atoms with E-state index < -0.39 is 11.9 Å². The Balaban J connectivity index is 2.87. The lowest BCUT2D eigenvalue weighted by Gasteiger charge is -2.21. The molecule has 0 saturated heterocycles. The third kappa shape index (κ3) is 4.06. The second-order valence-electron chi connectivity index (χ2n) is 4.12. The molecule has 1 aromatic carbocycles. The largest absolute Gasteiger partial charge is 0.465 e. The van der Waals surface area contributed by atoms with Gasteiger partial charge in [0, 0.05) is 16.6 Å². The van der Waals surface area contributed by atoms with Crippen LogP contribution in [0.5, 0.6) is 0 Å². The lowest BCUT2D eigenvalue weighted by Crippen LogP contribution is -2.37. The summed E-state index contributed by atoms with van der Waals surface area (Å²) < 4.78 is 18.3. The number of nitrogens with one attached hydrogen (secondary N) is 1. The normalized spacial score (nSPS) is 14.0. The van der Waals surface area contributed by atoms with Crippen LogP contribution in [0.25, 0.3) is 0 Å². The average molecular weight is 308 g/mol. The van der Waals surface area contributed by atoms with E-state index >= 15 is 0 Å². The van der Waals surface area contributed by atoms with Crippen molar-refractivity contribution in [2.24, 2.45) is 0 Å². The van der Waals surface area contributed by atoms with Gasteiger partial charge in [-0.25, -0.2) is 4.39 Å². The molecule has 1 N–H and O–H groups in total. The molecule has 3 nitrogen and oxygen atoms in total. The maximum atomic E-state index is 13.4. The van der Waals surface area contributed by atoms with Crippen molar-refractivity contribution < 1.29 is 13.9 Å². The Morgan fingerprint density at radius 2 is 2.05 bits per heavy atom. The first-order chi connectivity index (χ1) is 8.88. The van der Waals surface area contributed by atoms with E-state index in [2.05, 4.69) is 5.32 Å². The number of benzene rings is 1. The smallest absolute Gasteiger partial charge is 0.322 e. The molecule has 19 heavy (non-hydrogen) atoms. The van der Waals surface area contributed by atoms with Crippen molar-refractivity contribution in [3.63, 3.8) is 0 Å². The third-order valence-corrected chi connectivity index (χ3v) is 3.37. The fourth-order valence-electron chi connectivity index (χ4n) is 1.73. The summed E-state index contributed by atoms with van der Waals surface area (Å²) in [5.74, 6) is -0.920. The molecule has 0 aliphatic carbocycles. The van der Waals surface area contributed by atoms with E-state index in [4.69, 9.17) is 27.9 Å². The van der Waals surface area contributed by atoms with Crippen molar-refractivity contribution in [2.75, 3.05) is 6.61 Å². The summed E-state index contributed by atoms with van der Waals surface area (Å²) in [5, 5.41) is 3.29. The van der Waals surface area contributed by atoms with E-state index in [-0.39, 0.29) is 17.0 Å². The van der Waals surface area contributed by atoms with Crippen molar-refractivity contribution in [3.8, 4) is 0 Å². The first-order valence-electron chi connectivity index (χ1n) is 5.94. The average Bonchev–Trinajstić information content (AvgIpc) is 2.34. The van der Waals surface area contributed by atoms with Gasteiger partial charge in [-0.2, -0.15) is 0 Å². The predicted octanol–water partition coefficient (Wildman–Crippen LogP) is 3.73. The summed E-state index contributed by atoms with van der Waals surface area (Å²) in [6, 6.07) is 1.72. The van der Waals surface area contributed by atoms with Crippen LogP contribution in [-0.4, -0.2) is 18.6 Å². The van der Waals surface area contributed by atoms with Gasteiger partial charge in [-0.15, -0.1) is 0 Å². The topological polar surface area (TPSA) is 38.3 Å². The Kier molecular flexibility index (Phi) is 6.04. The highest BCUT2D eigenvalue weighted by Gasteiger charge is 2.21. The summed E-state index contributed by atoms with van der Waals surface area (Å²) in [6.45, 7) is 5.45. The summed E-state index contributed by atoms with van der Waals surface area (Å²) >= 11 is 11.9. The molecule has 0 aromatic heterocycles. The Morgan fingerprint density at radius 1 is 1.42 bits per heavy atom. The fraction of sp³-hybridized carbons (Fsp3) is 0.462.